The summed E-state index contributed by atoms with van der Waals surface area (Å²) in [6.45, 7) is 15.2. The topological polar surface area (TPSA) is 15.3 Å². The van der Waals surface area contributed by atoms with E-state index in [4.69, 9.17) is 0 Å². The van der Waals surface area contributed by atoms with Crippen LogP contribution < -0.4 is 5.32 Å². The molecule has 2 heteroatoms. The molecule has 19 heavy (non-hydrogen) atoms. The van der Waals surface area contributed by atoms with Crippen LogP contribution in [-0.2, 0) is 0 Å². The third-order valence-electron chi connectivity index (χ3n) is 4.72. The van der Waals surface area contributed by atoms with Crippen LogP contribution in [0.25, 0.3) is 0 Å². The highest BCUT2D eigenvalue weighted by Crippen LogP contribution is 2.36. The Labute approximate surface area is 121 Å². The molecule has 0 bridgehead atoms. The van der Waals surface area contributed by atoms with Gasteiger partial charge in [0.25, 0.3) is 0 Å². The van der Waals surface area contributed by atoms with Crippen molar-refractivity contribution in [2.75, 3.05) is 19.6 Å². The molecule has 0 radical (unpaired) electrons. The number of rotatable bonds is 7. The van der Waals surface area contributed by atoms with Crippen molar-refractivity contribution in [3.63, 3.8) is 0 Å². The lowest BCUT2D eigenvalue weighted by molar-refractivity contribution is 0.106. The van der Waals surface area contributed by atoms with Crippen LogP contribution in [0.1, 0.15) is 73.1 Å². The molecule has 1 fully saturated rings. The van der Waals surface area contributed by atoms with Crippen molar-refractivity contribution >= 4 is 0 Å². The maximum Gasteiger partial charge on any atom is 0.00527 e. The minimum Gasteiger partial charge on any atom is -0.314 e. The third kappa shape index (κ3) is 5.83. The molecule has 0 unspecified atom stereocenters. The molecule has 1 aliphatic carbocycles. The Bertz CT molecular complexity index is 227. The molecule has 1 saturated carbocycles. The fourth-order valence-electron chi connectivity index (χ4n) is 3.38. The lowest BCUT2D eigenvalue weighted by atomic mass is 9.79. The van der Waals surface area contributed by atoms with Gasteiger partial charge in [0.2, 0.25) is 0 Å². The summed E-state index contributed by atoms with van der Waals surface area (Å²) in [5, 5.41) is 3.73. The molecule has 0 aliphatic heterocycles. The molecule has 0 aromatic carbocycles. The third-order valence-corrected chi connectivity index (χ3v) is 4.72. The van der Waals surface area contributed by atoms with E-state index in [0.717, 1.165) is 0 Å². The van der Waals surface area contributed by atoms with Gasteiger partial charge in [-0.3, -0.25) is 0 Å². The molecule has 2 nitrogen and oxygen atoms in total. The van der Waals surface area contributed by atoms with E-state index in [9.17, 15) is 0 Å². The molecule has 1 rings (SSSR count). The summed E-state index contributed by atoms with van der Waals surface area (Å²) in [5.74, 6) is 0. The Balaban J connectivity index is 2.71. The Morgan fingerprint density at radius 3 is 2.00 bits per heavy atom. The van der Waals surface area contributed by atoms with Crippen molar-refractivity contribution in [3.05, 3.63) is 0 Å². The Morgan fingerprint density at radius 1 is 1.00 bits per heavy atom. The maximum absolute atomic E-state index is 3.73. The van der Waals surface area contributed by atoms with Gasteiger partial charge in [-0.1, -0.05) is 46.5 Å². The molecule has 0 amide bonds. The Morgan fingerprint density at radius 2 is 1.58 bits per heavy atom. The minimum absolute atomic E-state index is 0.515. The average Bonchev–Trinajstić information content (AvgIpc) is 2.59. The summed E-state index contributed by atoms with van der Waals surface area (Å²) in [5.41, 5.74) is 0.515. The monoisotopic (exact) mass is 268 g/mol. The molecule has 0 saturated heterocycles. The van der Waals surface area contributed by atoms with Gasteiger partial charge in [-0.05, 0) is 38.6 Å². The summed E-state index contributed by atoms with van der Waals surface area (Å²) in [7, 11) is 0. The van der Waals surface area contributed by atoms with Gasteiger partial charge in [0.05, 0.1) is 0 Å². The summed E-state index contributed by atoms with van der Waals surface area (Å²) in [4.78, 5) is 2.66. The second-order valence-electron chi connectivity index (χ2n) is 7.11. The molecule has 1 N–H and O–H groups in total. The lowest BCUT2D eigenvalue weighted by Crippen LogP contribution is -2.47. The quantitative estimate of drug-likeness (QED) is 0.701. The number of hydrogen-bond acceptors (Lipinski definition) is 2. The highest BCUT2D eigenvalue weighted by molar-refractivity contribution is 4.88. The Hall–Kier alpha value is -0.0800. The second kappa shape index (κ2) is 8.26. The SMILES string of the molecule is CCN(CC1(CNC(C)C)CCCCCC1)C(C)C. The predicted octanol–water partition coefficient (Wildman–Crippen LogP) is 4.06. The van der Waals surface area contributed by atoms with Crippen molar-refractivity contribution in [3.8, 4) is 0 Å². The van der Waals surface area contributed by atoms with Crippen LogP contribution in [0.3, 0.4) is 0 Å². The molecule has 0 atom stereocenters. The van der Waals surface area contributed by atoms with Crippen LogP contribution in [0.4, 0.5) is 0 Å². The van der Waals surface area contributed by atoms with Gasteiger partial charge < -0.3 is 10.2 Å². The highest BCUT2D eigenvalue weighted by atomic mass is 15.2. The lowest BCUT2D eigenvalue weighted by Gasteiger charge is -2.40. The van der Waals surface area contributed by atoms with Gasteiger partial charge >= 0.3 is 0 Å². The van der Waals surface area contributed by atoms with E-state index in [-0.39, 0.29) is 0 Å². The zero-order chi connectivity index (χ0) is 14.3. The number of nitrogens with zero attached hydrogens (tertiary/aromatic N) is 1. The van der Waals surface area contributed by atoms with E-state index in [2.05, 4.69) is 44.8 Å². The molecular weight excluding hydrogens is 232 g/mol. The van der Waals surface area contributed by atoms with Crippen LogP contribution in [0.2, 0.25) is 0 Å². The van der Waals surface area contributed by atoms with Crippen molar-refractivity contribution in [1.29, 1.82) is 0 Å². The van der Waals surface area contributed by atoms with E-state index in [1.54, 1.807) is 0 Å². The maximum atomic E-state index is 3.73. The van der Waals surface area contributed by atoms with Gasteiger partial charge in [0, 0.05) is 25.2 Å². The van der Waals surface area contributed by atoms with Gasteiger partial charge in [-0.25, -0.2) is 0 Å². The summed E-state index contributed by atoms with van der Waals surface area (Å²) < 4.78 is 0. The van der Waals surface area contributed by atoms with Gasteiger partial charge in [-0.2, -0.15) is 0 Å². The second-order valence-corrected chi connectivity index (χ2v) is 7.11. The first-order valence-electron chi connectivity index (χ1n) is 8.46. The highest BCUT2D eigenvalue weighted by Gasteiger charge is 2.33. The first kappa shape index (κ1) is 17.0. The minimum atomic E-state index is 0.515. The zero-order valence-corrected chi connectivity index (χ0v) is 14.0. The van der Waals surface area contributed by atoms with Crippen LogP contribution in [-0.4, -0.2) is 36.6 Å². The largest absolute Gasteiger partial charge is 0.314 e. The number of hydrogen-bond donors (Lipinski definition) is 1. The van der Waals surface area contributed by atoms with Crippen molar-refractivity contribution in [2.24, 2.45) is 5.41 Å². The predicted molar refractivity (Wildman–Crippen MR) is 85.7 cm³/mol. The van der Waals surface area contributed by atoms with Gasteiger partial charge in [0.1, 0.15) is 0 Å². The van der Waals surface area contributed by atoms with Crippen LogP contribution in [0, 0.1) is 5.41 Å². The van der Waals surface area contributed by atoms with E-state index in [1.807, 2.05) is 0 Å². The molecule has 0 heterocycles. The van der Waals surface area contributed by atoms with E-state index in [0.29, 0.717) is 17.5 Å². The molecule has 0 spiro atoms. The van der Waals surface area contributed by atoms with Crippen LogP contribution >= 0.6 is 0 Å². The molecular formula is C17H36N2. The van der Waals surface area contributed by atoms with Crippen LogP contribution in [0.5, 0.6) is 0 Å². The van der Waals surface area contributed by atoms with E-state index >= 15 is 0 Å². The smallest absolute Gasteiger partial charge is 0.00527 e. The zero-order valence-electron chi connectivity index (χ0n) is 14.0. The fraction of sp³-hybridized carbons (Fsp3) is 1.00. The van der Waals surface area contributed by atoms with Crippen molar-refractivity contribution < 1.29 is 0 Å². The van der Waals surface area contributed by atoms with E-state index < -0.39 is 0 Å². The van der Waals surface area contributed by atoms with Crippen molar-refractivity contribution in [1.82, 2.24) is 10.2 Å². The Kier molecular flexibility index (Phi) is 7.38. The summed E-state index contributed by atoms with van der Waals surface area (Å²) in [6, 6.07) is 1.28. The van der Waals surface area contributed by atoms with E-state index in [1.165, 1.54) is 58.2 Å². The van der Waals surface area contributed by atoms with Crippen LogP contribution in [0.15, 0.2) is 0 Å². The molecule has 0 aromatic rings. The standard InChI is InChI=1S/C17H36N2/c1-6-19(16(4)5)14-17(13-18-15(2)3)11-9-7-8-10-12-17/h15-16,18H,6-14H2,1-5H3. The fourth-order valence-corrected chi connectivity index (χ4v) is 3.38. The molecule has 114 valence electrons. The summed E-state index contributed by atoms with van der Waals surface area (Å²) >= 11 is 0. The normalized spacial score (nSPS) is 20.2. The molecule has 0 aromatic heterocycles. The first-order valence-corrected chi connectivity index (χ1v) is 8.46. The van der Waals surface area contributed by atoms with Gasteiger partial charge in [-0.15, -0.1) is 0 Å². The summed E-state index contributed by atoms with van der Waals surface area (Å²) in [6.07, 6.45) is 8.56. The van der Waals surface area contributed by atoms with Crippen molar-refractivity contribution in [2.45, 2.75) is 85.2 Å². The first-order chi connectivity index (χ1) is 8.99. The van der Waals surface area contributed by atoms with Gasteiger partial charge in [0.15, 0.2) is 0 Å². The number of nitrogens with one attached hydrogen (secondary N) is 1. The molecule has 1 aliphatic rings. The average molecular weight is 268 g/mol.